The molecule has 28 heavy (non-hydrogen) atoms. The van der Waals surface area contributed by atoms with Gasteiger partial charge in [0.1, 0.15) is 6.07 Å². The molecule has 144 valence electrons. The molecule has 0 N–H and O–H groups in total. The lowest BCUT2D eigenvalue weighted by molar-refractivity contribution is 0.168. The largest absolute Gasteiger partial charge is 0.419 e. The Balaban J connectivity index is 1.40. The van der Waals surface area contributed by atoms with E-state index in [2.05, 4.69) is 15.1 Å². The number of aromatic nitrogens is 2. The fourth-order valence-corrected chi connectivity index (χ4v) is 5.27. The number of hydrogen-bond donors (Lipinski definition) is 0. The molecule has 8 nitrogen and oxygen atoms in total. The first-order chi connectivity index (χ1) is 13.6. The molecule has 0 saturated carbocycles. The zero-order chi connectivity index (χ0) is 19.6. The van der Waals surface area contributed by atoms with Crippen molar-refractivity contribution >= 4 is 21.4 Å². The van der Waals surface area contributed by atoms with E-state index in [4.69, 9.17) is 4.42 Å². The molecular formula is C18H17N5O3S2. The van der Waals surface area contributed by atoms with Crippen LogP contribution < -0.4 is 0 Å². The van der Waals surface area contributed by atoms with Crippen molar-refractivity contribution < 1.29 is 12.8 Å². The first kappa shape index (κ1) is 18.8. The smallest absolute Gasteiger partial charge is 0.257 e. The molecule has 0 bridgehead atoms. The normalized spacial score (nSPS) is 16.1. The van der Waals surface area contributed by atoms with Crippen LogP contribution in [0.1, 0.15) is 11.5 Å². The Hall–Kier alpha value is -2.58. The predicted molar refractivity (Wildman–Crippen MR) is 103 cm³/mol. The summed E-state index contributed by atoms with van der Waals surface area (Å²) in [5.74, 6) is 1.01. The second-order valence-corrected chi connectivity index (χ2v) is 9.12. The predicted octanol–water partition coefficient (Wildman–Crippen LogP) is 2.18. The second-order valence-electron chi connectivity index (χ2n) is 6.27. The van der Waals surface area contributed by atoms with Crippen molar-refractivity contribution in [2.24, 2.45) is 0 Å². The average molecular weight is 416 g/mol. The Labute approximate surface area is 166 Å². The Kier molecular flexibility index (Phi) is 5.23. The molecule has 0 atom stereocenters. The lowest BCUT2D eigenvalue weighted by atomic mass is 10.2. The summed E-state index contributed by atoms with van der Waals surface area (Å²) in [5, 5.41) is 19.3. The SMILES string of the molecule is N#Cc1ccccc1S(=O)(=O)N1CCN(Cc2nnc(-c3cccs3)o2)CC1. The number of nitriles is 1. The van der Waals surface area contributed by atoms with Crippen molar-refractivity contribution in [1.82, 2.24) is 19.4 Å². The van der Waals surface area contributed by atoms with E-state index < -0.39 is 10.0 Å². The van der Waals surface area contributed by atoms with Gasteiger partial charge in [-0.3, -0.25) is 4.90 Å². The molecular weight excluding hydrogens is 398 g/mol. The van der Waals surface area contributed by atoms with Gasteiger partial charge in [0.15, 0.2) is 0 Å². The number of sulfonamides is 1. The maximum Gasteiger partial charge on any atom is 0.257 e. The van der Waals surface area contributed by atoms with Gasteiger partial charge in [0.25, 0.3) is 5.89 Å². The monoisotopic (exact) mass is 415 g/mol. The van der Waals surface area contributed by atoms with E-state index in [-0.39, 0.29) is 10.5 Å². The summed E-state index contributed by atoms with van der Waals surface area (Å²) in [7, 11) is -3.69. The van der Waals surface area contributed by atoms with Gasteiger partial charge in [0, 0.05) is 26.2 Å². The van der Waals surface area contributed by atoms with Crippen molar-refractivity contribution in [3.8, 4) is 16.8 Å². The van der Waals surface area contributed by atoms with Crippen LogP contribution in [0.2, 0.25) is 0 Å². The maximum atomic E-state index is 12.9. The molecule has 2 aromatic heterocycles. The zero-order valence-corrected chi connectivity index (χ0v) is 16.5. The number of piperazine rings is 1. The summed E-state index contributed by atoms with van der Waals surface area (Å²) in [6.07, 6.45) is 0. The first-order valence-electron chi connectivity index (χ1n) is 8.66. The Bertz CT molecular complexity index is 1090. The van der Waals surface area contributed by atoms with Gasteiger partial charge in [0.2, 0.25) is 15.9 Å². The topological polar surface area (TPSA) is 103 Å². The number of rotatable bonds is 5. The number of nitrogens with zero attached hydrogens (tertiary/aromatic N) is 5. The quantitative estimate of drug-likeness (QED) is 0.629. The van der Waals surface area contributed by atoms with E-state index in [1.807, 2.05) is 23.6 Å². The average Bonchev–Trinajstić information content (AvgIpc) is 3.40. The third kappa shape index (κ3) is 3.70. The molecule has 1 saturated heterocycles. The highest BCUT2D eigenvalue weighted by atomic mass is 32.2. The van der Waals surface area contributed by atoms with Gasteiger partial charge in [-0.1, -0.05) is 18.2 Å². The second kappa shape index (κ2) is 7.81. The highest BCUT2D eigenvalue weighted by Crippen LogP contribution is 2.24. The first-order valence-corrected chi connectivity index (χ1v) is 11.0. The summed E-state index contributed by atoms with van der Waals surface area (Å²) in [4.78, 5) is 3.06. The van der Waals surface area contributed by atoms with Gasteiger partial charge in [-0.15, -0.1) is 21.5 Å². The van der Waals surface area contributed by atoms with Crippen molar-refractivity contribution in [2.45, 2.75) is 11.4 Å². The molecule has 1 aliphatic heterocycles. The molecule has 1 fully saturated rings. The van der Waals surface area contributed by atoms with Crippen LogP contribution in [0.4, 0.5) is 0 Å². The van der Waals surface area contributed by atoms with E-state index in [0.717, 1.165) is 4.88 Å². The fraction of sp³-hybridized carbons (Fsp3) is 0.278. The standard InChI is InChI=1S/C18H17N5O3S2/c19-12-14-4-1-2-6-16(14)28(24,25)23-9-7-22(8-10-23)13-17-20-21-18(26-17)15-5-3-11-27-15/h1-6,11H,7-10,13H2. The number of hydrogen-bond acceptors (Lipinski definition) is 8. The Morgan fingerprint density at radius 2 is 1.89 bits per heavy atom. The lowest BCUT2D eigenvalue weighted by Crippen LogP contribution is -2.48. The molecule has 1 aliphatic rings. The number of thiophene rings is 1. The van der Waals surface area contributed by atoms with Gasteiger partial charge in [-0.2, -0.15) is 9.57 Å². The minimum atomic E-state index is -3.69. The summed E-state index contributed by atoms with van der Waals surface area (Å²) >= 11 is 1.53. The van der Waals surface area contributed by atoms with Crippen LogP contribution in [-0.4, -0.2) is 54.0 Å². The third-order valence-corrected chi connectivity index (χ3v) is 7.33. The molecule has 4 rings (SSSR count). The molecule has 0 spiro atoms. The summed E-state index contributed by atoms with van der Waals surface area (Å²) in [6.45, 7) is 2.25. The minimum Gasteiger partial charge on any atom is -0.419 e. The van der Waals surface area contributed by atoms with E-state index in [1.165, 1.54) is 27.8 Å². The summed E-state index contributed by atoms with van der Waals surface area (Å²) in [5.41, 5.74) is 0.164. The maximum absolute atomic E-state index is 12.9. The van der Waals surface area contributed by atoms with Gasteiger partial charge in [0.05, 0.1) is 21.9 Å². The molecule has 0 amide bonds. The molecule has 0 radical (unpaired) electrons. The molecule has 3 heterocycles. The van der Waals surface area contributed by atoms with Crippen molar-refractivity contribution in [1.29, 1.82) is 5.26 Å². The highest BCUT2D eigenvalue weighted by Gasteiger charge is 2.30. The van der Waals surface area contributed by atoms with Crippen LogP contribution in [0.15, 0.2) is 51.1 Å². The number of benzene rings is 1. The highest BCUT2D eigenvalue weighted by molar-refractivity contribution is 7.89. The van der Waals surface area contributed by atoms with Crippen LogP contribution in [0, 0.1) is 11.3 Å². The van der Waals surface area contributed by atoms with Gasteiger partial charge in [-0.25, -0.2) is 8.42 Å². The molecule has 10 heteroatoms. The molecule has 0 unspecified atom stereocenters. The van der Waals surface area contributed by atoms with Crippen LogP contribution in [0.25, 0.3) is 10.8 Å². The fourth-order valence-electron chi connectivity index (χ4n) is 3.06. The van der Waals surface area contributed by atoms with Crippen molar-refractivity contribution in [2.75, 3.05) is 26.2 Å². The lowest BCUT2D eigenvalue weighted by Gasteiger charge is -2.33. The molecule has 1 aromatic carbocycles. The minimum absolute atomic E-state index is 0.0587. The van der Waals surface area contributed by atoms with Gasteiger partial charge >= 0.3 is 0 Å². The summed E-state index contributed by atoms with van der Waals surface area (Å²) < 4.78 is 32.9. The van der Waals surface area contributed by atoms with Crippen LogP contribution in [-0.2, 0) is 16.6 Å². The van der Waals surface area contributed by atoms with Gasteiger partial charge in [-0.05, 0) is 23.6 Å². The third-order valence-electron chi connectivity index (χ3n) is 4.51. The van der Waals surface area contributed by atoms with E-state index in [1.54, 1.807) is 12.1 Å². The van der Waals surface area contributed by atoms with Gasteiger partial charge < -0.3 is 4.42 Å². The van der Waals surface area contributed by atoms with E-state index >= 15 is 0 Å². The Morgan fingerprint density at radius 3 is 2.61 bits per heavy atom. The van der Waals surface area contributed by atoms with Crippen molar-refractivity contribution in [3.63, 3.8) is 0 Å². The van der Waals surface area contributed by atoms with E-state index in [9.17, 15) is 13.7 Å². The molecule has 3 aromatic rings. The van der Waals surface area contributed by atoms with E-state index in [0.29, 0.717) is 44.5 Å². The van der Waals surface area contributed by atoms with Crippen LogP contribution in [0.3, 0.4) is 0 Å². The summed E-state index contributed by atoms with van der Waals surface area (Å²) in [6, 6.07) is 12.1. The van der Waals surface area contributed by atoms with Crippen molar-refractivity contribution in [3.05, 3.63) is 53.2 Å². The zero-order valence-electron chi connectivity index (χ0n) is 14.9. The molecule has 0 aliphatic carbocycles. The Morgan fingerprint density at radius 1 is 1.11 bits per heavy atom. The van der Waals surface area contributed by atoms with Crippen LogP contribution >= 0.6 is 11.3 Å². The van der Waals surface area contributed by atoms with Crippen LogP contribution in [0.5, 0.6) is 0 Å².